The highest BCUT2D eigenvalue weighted by Crippen LogP contribution is 2.28. The van der Waals surface area contributed by atoms with Crippen LogP contribution >= 0.6 is 0 Å². The maximum absolute atomic E-state index is 13.1. The third-order valence-electron chi connectivity index (χ3n) is 7.29. The van der Waals surface area contributed by atoms with Gasteiger partial charge in [-0.15, -0.1) is 0 Å². The van der Waals surface area contributed by atoms with Crippen LogP contribution in [0.1, 0.15) is 24.2 Å². The monoisotopic (exact) mass is 545 g/mol. The minimum atomic E-state index is -3.60. The predicted octanol–water partition coefficient (Wildman–Crippen LogP) is 4.51. The molecule has 4 aromatic rings. The first-order valence-corrected chi connectivity index (χ1v) is 14.7. The number of imidazole rings is 1. The van der Waals surface area contributed by atoms with Gasteiger partial charge in [-0.25, -0.2) is 9.71 Å². The van der Waals surface area contributed by atoms with Crippen molar-refractivity contribution in [3.63, 3.8) is 0 Å². The second-order valence-electron chi connectivity index (χ2n) is 9.67. The Labute approximate surface area is 230 Å². The van der Waals surface area contributed by atoms with E-state index in [4.69, 9.17) is 9.72 Å². The number of benzene rings is 3. The number of methoxy groups -OCH3 is 1. The van der Waals surface area contributed by atoms with Gasteiger partial charge in [-0.2, -0.15) is 12.7 Å². The Hall–Kier alpha value is -3.50. The van der Waals surface area contributed by atoms with E-state index in [0.717, 1.165) is 34.1 Å². The smallest absolute Gasteiger partial charge is 0.279 e. The van der Waals surface area contributed by atoms with Crippen LogP contribution < -0.4 is 9.46 Å². The van der Waals surface area contributed by atoms with Crippen LogP contribution in [0.25, 0.3) is 22.6 Å². The van der Waals surface area contributed by atoms with Crippen molar-refractivity contribution in [3.8, 4) is 28.4 Å². The van der Waals surface area contributed by atoms with Crippen LogP contribution in [0.2, 0.25) is 0 Å². The number of aromatic amines is 1. The van der Waals surface area contributed by atoms with Gasteiger partial charge in [-0.3, -0.25) is 4.90 Å². The molecule has 0 aliphatic carbocycles. The van der Waals surface area contributed by atoms with Gasteiger partial charge in [-0.1, -0.05) is 60.7 Å². The van der Waals surface area contributed by atoms with E-state index in [1.807, 2.05) is 72.8 Å². The fourth-order valence-electron chi connectivity index (χ4n) is 4.98. The normalized spacial score (nSPS) is 15.7. The van der Waals surface area contributed by atoms with E-state index >= 15 is 0 Å². The van der Waals surface area contributed by atoms with Crippen LogP contribution in [0.15, 0.2) is 84.9 Å². The number of nitrogens with zero attached hydrogens (tertiary/aromatic N) is 3. The van der Waals surface area contributed by atoms with E-state index in [1.165, 1.54) is 5.56 Å². The predicted molar refractivity (Wildman–Crippen MR) is 155 cm³/mol. The van der Waals surface area contributed by atoms with Crippen molar-refractivity contribution in [2.24, 2.45) is 0 Å². The molecule has 1 fully saturated rings. The molecule has 5 rings (SSSR count). The Morgan fingerprint density at radius 1 is 0.897 bits per heavy atom. The molecule has 1 aliphatic heterocycles. The zero-order valence-electron chi connectivity index (χ0n) is 22.4. The van der Waals surface area contributed by atoms with Gasteiger partial charge in [0, 0.05) is 56.3 Å². The Kier molecular flexibility index (Phi) is 8.42. The summed E-state index contributed by atoms with van der Waals surface area (Å²) in [5.74, 6) is 1.53. The van der Waals surface area contributed by atoms with E-state index in [0.29, 0.717) is 32.6 Å². The first kappa shape index (κ1) is 27.1. The first-order valence-electron chi connectivity index (χ1n) is 13.3. The molecular formula is C30H35N5O3S. The number of hydrogen-bond acceptors (Lipinski definition) is 5. The summed E-state index contributed by atoms with van der Waals surface area (Å²) in [6.45, 7) is 4.74. The molecule has 0 spiro atoms. The third-order valence-corrected chi connectivity index (χ3v) is 8.91. The molecule has 8 nitrogen and oxygen atoms in total. The fourth-order valence-corrected chi connectivity index (χ4v) is 6.17. The molecule has 0 saturated carbocycles. The van der Waals surface area contributed by atoms with Gasteiger partial charge in [0.05, 0.1) is 18.5 Å². The summed E-state index contributed by atoms with van der Waals surface area (Å²) in [5, 5.41) is 0. The average molecular weight is 546 g/mol. The van der Waals surface area contributed by atoms with Crippen molar-refractivity contribution >= 4 is 10.2 Å². The molecule has 0 amide bonds. The zero-order valence-corrected chi connectivity index (χ0v) is 23.2. The maximum atomic E-state index is 13.1. The molecule has 204 valence electrons. The highest BCUT2D eigenvalue weighted by atomic mass is 32.2. The van der Waals surface area contributed by atoms with E-state index in [1.54, 1.807) is 11.4 Å². The third kappa shape index (κ3) is 6.39. The van der Waals surface area contributed by atoms with Crippen LogP contribution in [-0.2, 0) is 16.6 Å². The van der Waals surface area contributed by atoms with Gasteiger partial charge in [0.2, 0.25) is 0 Å². The van der Waals surface area contributed by atoms with Gasteiger partial charge in [0.1, 0.15) is 11.6 Å². The van der Waals surface area contributed by atoms with E-state index < -0.39 is 10.2 Å². The number of hydrogen-bond donors (Lipinski definition) is 2. The lowest BCUT2D eigenvalue weighted by Crippen LogP contribution is -2.52. The van der Waals surface area contributed by atoms with Crippen molar-refractivity contribution in [2.75, 3.05) is 39.8 Å². The number of nitrogens with one attached hydrogen (secondary N) is 2. The van der Waals surface area contributed by atoms with Crippen LogP contribution in [0.4, 0.5) is 0 Å². The lowest BCUT2D eigenvalue weighted by Gasteiger charge is -2.37. The first-order chi connectivity index (χ1) is 18.9. The van der Waals surface area contributed by atoms with E-state index in [9.17, 15) is 8.42 Å². The highest BCUT2D eigenvalue weighted by molar-refractivity contribution is 7.87. The minimum absolute atomic E-state index is 0.249. The van der Waals surface area contributed by atoms with Gasteiger partial charge in [0.25, 0.3) is 10.2 Å². The number of aromatic nitrogens is 2. The maximum Gasteiger partial charge on any atom is 0.279 e. The van der Waals surface area contributed by atoms with E-state index in [2.05, 4.69) is 33.7 Å². The Bertz CT molecular complexity index is 1450. The molecule has 1 saturated heterocycles. The summed E-state index contributed by atoms with van der Waals surface area (Å²) in [5.41, 5.74) is 4.87. The van der Waals surface area contributed by atoms with Crippen molar-refractivity contribution in [1.82, 2.24) is 23.9 Å². The molecule has 1 aromatic heterocycles. The van der Waals surface area contributed by atoms with Gasteiger partial charge in [-0.05, 0) is 36.8 Å². The SMILES string of the molecule is COc1ccc(-c2[nH]c(-c3ccccc3)nc2CCNS(=O)(=O)N2CCN(C(C)c3ccccc3)CC2)cc1. The Morgan fingerprint density at radius 2 is 1.54 bits per heavy atom. The fraction of sp³-hybridized carbons (Fsp3) is 0.300. The second-order valence-corrected chi connectivity index (χ2v) is 11.4. The highest BCUT2D eigenvalue weighted by Gasteiger charge is 2.29. The summed E-state index contributed by atoms with van der Waals surface area (Å²) >= 11 is 0. The standard InChI is InChI=1S/C30H35N5O3S/c1-23(24-9-5-3-6-10-24)34-19-21-35(22-20-34)39(36,37)31-18-17-28-29(25-13-15-27(38-2)16-14-25)33-30(32-28)26-11-7-4-8-12-26/h3-16,23,31H,17-22H2,1-2H3,(H,32,33). The summed E-state index contributed by atoms with van der Waals surface area (Å²) < 4.78 is 35.9. The molecule has 2 heterocycles. The van der Waals surface area contributed by atoms with Gasteiger partial charge >= 0.3 is 0 Å². The summed E-state index contributed by atoms with van der Waals surface area (Å²) in [6.07, 6.45) is 0.453. The van der Waals surface area contributed by atoms with Crippen LogP contribution in [0.5, 0.6) is 5.75 Å². The van der Waals surface area contributed by atoms with E-state index in [-0.39, 0.29) is 12.6 Å². The number of piperazine rings is 1. The van der Waals surface area contributed by atoms with Crippen LogP contribution in [0, 0.1) is 0 Å². The van der Waals surface area contributed by atoms with Crippen molar-refractivity contribution in [2.45, 2.75) is 19.4 Å². The second kappa shape index (κ2) is 12.1. The van der Waals surface area contributed by atoms with Gasteiger partial charge < -0.3 is 9.72 Å². The summed E-state index contributed by atoms with van der Waals surface area (Å²) in [4.78, 5) is 10.6. The largest absolute Gasteiger partial charge is 0.497 e. The lowest BCUT2D eigenvalue weighted by molar-refractivity contribution is 0.145. The number of ether oxygens (including phenoxy) is 1. The average Bonchev–Trinajstić information content (AvgIpc) is 3.42. The summed E-state index contributed by atoms with van der Waals surface area (Å²) in [7, 11) is -1.96. The molecule has 9 heteroatoms. The van der Waals surface area contributed by atoms with Crippen LogP contribution in [0.3, 0.4) is 0 Å². The minimum Gasteiger partial charge on any atom is -0.497 e. The molecule has 0 radical (unpaired) electrons. The zero-order chi connectivity index (χ0) is 27.2. The molecule has 39 heavy (non-hydrogen) atoms. The topological polar surface area (TPSA) is 90.6 Å². The van der Waals surface area contributed by atoms with Crippen molar-refractivity contribution in [3.05, 3.63) is 96.2 Å². The molecule has 3 aromatic carbocycles. The van der Waals surface area contributed by atoms with Crippen molar-refractivity contribution < 1.29 is 13.2 Å². The lowest BCUT2D eigenvalue weighted by atomic mass is 10.1. The van der Waals surface area contributed by atoms with Gasteiger partial charge in [0.15, 0.2) is 0 Å². The van der Waals surface area contributed by atoms with Crippen molar-refractivity contribution in [1.29, 1.82) is 0 Å². The molecule has 1 unspecified atom stereocenters. The molecule has 2 N–H and O–H groups in total. The van der Waals surface area contributed by atoms with Crippen LogP contribution in [-0.4, -0.2) is 67.4 Å². The summed E-state index contributed by atoms with van der Waals surface area (Å²) in [6, 6.07) is 28.3. The molecule has 1 aliphatic rings. The molecule has 1 atom stereocenters. The number of rotatable bonds is 10. The number of H-pyrrole nitrogens is 1. The Morgan fingerprint density at radius 3 is 2.18 bits per heavy atom. The molecular weight excluding hydrogens is 510 g/mol. The Balaban J connectivity index is 1.24. The quantitative estimate of drug-likeness (QED) is 0.306. The molecule has 0 bridgehead atoms.